The molecule has 0 saturated carbocycles. The number of sulfonamides is 1. The Morgan fingerprint density at radius 3 is 2.68 bits per heavy atom. The average Bonchev–Trinajstić information content (AvgIpc) is 3.10. The van der Waals surface area contributed by atoms with Gasteiger partial charge in [0.25, 0.3) is 0 Å². The summed E-state index contributed by atoms with van der Waals surface area (Å²) in [6.07, 6.45) is 1.90. The van der Waals surface area contributed by atoms with E-state index in [0.717, 1.165) is 0 Å². The molecule has 1 heterocycles. The molecule has 1 N–H and O–H groups in total. The smallest absolute Gasteiger partial charge is 0.243 e. The molecule has 8 heteroatoms. The fraction of sp³-hybridized carbons (Fsp3) is 0.588. The number of hydrogen-bond acceptors (Lipinski definition) is 5. The third kappa shape index (κ3) is 4.93. The Morgan fingerprint density at radius 1 is 1.32 bits per heavy atom. The fourth-order valence-corrected chi connectivity index (χ4v) is 4.50. The molecule has 2 rings (SSSR count). The number of nitrogens with one attached hydrogen (secondary N) is 1. The van der Waals surface area contributed by atoms with Crippen LogP contribution in [0.5, 0.6) is 5.75 Å². The second-order valence-corrected chi connectivity index (χ2v) is 7.71. The summed E-state index contributed by atoms with van der Waals surface area (Å²) in [4.78, 5) is 12.5. The van der Waals surface area contributed by atoms with Crippen molar-refractivity contribution in [2.75, 3.05) is 33.4 Å². The van der Waals surface area contributed by atoms with Gasteiger partial charge in [0.1, 0.15) is 11.8 Å². The summed E-state index contributed by atoms with van der Waals surface area (Å²) in [7, 11) is -2.11. The highest BCUT2D eigenvalue weighted by Gasteiger charge is 2.39. The van der Waals surface area contributed by atoms with Gasteiger partial charge in [-0.15, -0.1) is 0 Å². The van der Waals surface area contributed by atoms with E-state index in [2.05, 4.69) is 5.32 Å². The van der Waals surface area contributed by atoms with Crippen LogP contribution in [0.3, 0.4) is 0 Å². The van der Waals surface area contributed by atoms with Gasteiger partial charge in [-0.1, -0.05) is 0 Å². The maximum absolute atomic E-state index is 12.9. The number of hydrogen-bond donors (Lipinski definition) is 1. The maximum Gasteiger partial charge on any atom is 0.243 e. The molecule has 0 unspecified atom stereocenters. The number of benzene rings is 1. The molecule has 0 aromatic heterocycles. The Bertz CT molecular complexity index is 660. The van der Waals surface area contributed by atoms with Crippen LogP contribution >= 0.6 is 0 Å². The van der Waals surface area contributed by atoms with E-state index in [4.69, 9.17) is 9.47 Å². The van der Waals surface area contributed by atoms with Crippen molar-refractivity contribution < 1.29 is 22.7 Å². The fourth-order valence-electron chi connectivity index (χ4n) is 2.85. The SMILES string of the molecule is CCOc1ccc(S(=O)(=O)N2CCC[C@H]2C(=O)NCCCOC)cc1. The Labute approximate surface area is 149 Å². The van der Waals surface area contributed by atoms with Gasteiger partial charge in [0.05, 0.1) is 11.5 Å². The summed E-state index contributed by atoms with van der Waals surface area (Å²) < 4.78 is 37.3. The van der Waals surface area contributed by atoms with Crippen molar-refractivity contribution in [1.82, 2.24) is 9.62 Å². The van der Waals surface area contributed by atoms with E-state index in [-0.39, 0.29) is 10.8 Å². The molecular weight excluding hydrogens is 344 g/mol. The first-order chi connectivity index (χ1) is 12.0. The van der Waals surface area contributed by atoms with Crippen LogP contribution in [-0.4, -0.2) is 58.1 Å². The summed E-state index contributed by atoms with van der Waals surface area (Å²) >= 11 is 0. The summed E-state index contributed by atoms with van der Waals surface area (Å²) in [6, 6.07) is 5.65. The van der Waals surface area contributed by atoms with E-state index >= 15 is 0 Å². The third-order valence-electron chi connectivity index (χ3n) is 4.07. The average molecular weight is 370 g/mol. The highest BCUT2D eigenvalue weighted by molar-refractivity contribution is 7.89. The first-order valence-electron chi connectivity index (χ1n) is 8.52. The van der Waals surface area contributed by atoms with Crippen molar-refractivity contribution in [2.45, 2.75) is 37.1 Å². The largest absolute Gasteiger partial charge is 0.494 e. The van der Waals surface area contributed by atoms with Crippen molar-refractivity contribution in [2.24, 2.45) is 0 Å². The lowest BCUT2D eigenvalue weighted by Crippen LogP contribution is -2.46. The molecule has 140 valence electrons. The molecule has 0 radical (unpaired) electrons. The molecule has 0 spiro atoms. The summed E-state index contributed by atoms with van der Waals surface area (Å²) in [5.41, 5.74) is 0. The number of methoxy groups -OCH3 is 1. The third-order valence-corrected chi connectivity index (χ3v) is 5.99. The Morgan fingerprint density at radius 2 is 2.04 bits per heavy atom. The molecule has 1 saturated heterocycles. The quantitative estimate of drug-likeness (QED) is 0.664. The van der Waals surface area contributed by atoms with E-state index in [1.165, 1.54) is 16.4 Å². The molecule has 1 aliphatic rings. The Balaban J connectivity index is 2.07. The molecule has 1 amide bonds. The van der Waals surface area contributed by atoms with Crippen molar-refractivity contribution in [3.63, 3.8) is 0 Å². The van der Waals surface area contributed by atoms with Crippen LogP contribution < -0.4 is 10.1 Å². The van der Waals surface area contributed by atoms with Gasteiger partial charge in [0.15, 0.2) is 0 Å². The predicted molar refractivity (Wildman–Crippen MR) is 94.0 cm³/mol. The minimum absolute atomic E-state index is 0.176. The second kappa shape index (κ2) is 9.17. The zero-order valence-electron chi connectivity index (χ0n) is 14.7. The number of carbonyl (C=O) groups is 1. The normalized spacial score (nSPS) is 18.2. The second-order valence-electron chi connectivity index (χ2n) is 5.82. The van der Waals surface area contributed by atoms with Crippen LogP contribution in [0, 0.1) is 0 Å². The first kappa shape index (κ1) is 19.7. The summed E-state index contributed by atoms with van der Waals surface area (Å²) in [5, 5.41) is 2.79. The van der Waals surface area contributed by atoms with Crippen LogP contribution in [-0.2, 0) is 19.6 Å². The predicted octanol–water partition coefficient (Wildman–Crippen LogP) is 1.39. The lowest BCUT2D eigenvalue weighted by molar-refractivity contribution is -0.124. The van der Waals surface area contributed by atoms with Crippen molar-refractivity contribution in [1.29, 1.82) is 0 Å². The Hall–Kier alpha value is -1.64. The zero-order valence-corrected chi connectivity index (χ0v) is 15.5. The molecule has 25 heavy (non-hydrogen) atoms. The standard InChI is InChI=1S/C17H26N2O5S/c1-3-24-14-7-9-15(10-8-14)25(21,22)19-12-4-6-16(19)17(20)18-11-5-13-23-2/h7-10,16H,3-6,11-13H2,1-2H3,(H,18,20)/t16-/m0/s1. The van der Waals surface area contributed by atoms with Gasteiger partial charge >= 0.3 is 0 Å². The molecule has 1 aliphatic heterocycles. The minimum atomic E-state index is -3.71. The molecule has 1 aromatic carbocycles. The van der Waals surface area contributed by atoms with Crippen molar-refractivity contribution >= 4 is 15.9 Å². The van der Waals surface area contributed by atoms with Crippen LogP contribution in [0.25, 0.3) is 0 Å². The van der Waals surface area contributed by atoms with Crippen molar-refractivity contribution in [3.8, 4) is 5.75 Å². The molecule has 1 atom stereocenters. The number of carbonyl (C=O) groups excluding carboxylic acids is 1. The molecular formula is C17H26N2O5S. The zero-order chi connectivity index (χ0) is 18.3. The number of nitrogens with zero attached hydrogens (tertiary/aromatic N) is 1. The molecule has 1 aromatic rings. The van der Waals surface area contributed by atoms with Crippen LogP contribution in [0.4, 0.5) is 0 Å². The first-order valence-corrected chi connectivity index (χ1v) is 9.96. The number of rotatable bonds is 9. The van der Waals surface area contributed by atoms with Gasteiger partial charge in [0, 0.05) is 26.8 Å². The lowest BCUT2D eigenvalue weighted by Gasteiger charge is -2.23. The number of ether oxygens (including phenoxy) is 2. The van der Waals surface area contributed by atoms with Crippen LogP contribution in [0.15, 0.2) is 29.2 Å². The van der Waals surface area contributed by atoms with Gasteiger partial charge in [-0.2, -0.15) is 4.31 Å². The molecule has 7 nitrogen and oxygen atoms in total. The van der Waals surface area contributed by atoms with Gasteiger partial charge in [-0.05, 0) is 50.5 Å². The monoisotopic (exact) mass is 370 g/mol. The van der Waals surface area contributed by atoms with Crippen LogP contribution in [0.1, 0.15) is 26.2 Å². The van der Waals surface area contributed by atoms with E-state index in [9.17, 15) is 13.2 Å². The van der Waals surface area contributed by atoms with Crippen LogP contribution in [0.2, 0.25) is 0 Å². The molecule has 1 fully saturated rings. The summed E-state index contributed by atoms with van der Waals surface area (Å²) in [6.45, 7) is 3.76. The summed E-state index contributed by atoms with van der Waals surface area (Å²) in [5.74, 6) is 0.374. The van der Waals surface area contributed by atoms with Gasteiger partial charge < -0.3 is 14.8 Å². The van der Waals surface area contributed by atoms with Crippen molar-refractivity contribution in [3.05, 3.63) is 24.3 Å². The molecule has 0 aliphatic carbocycles. The van der Waals surface area contributed by atoms with Gasteiger partial charge in [-0.3, -0.25) is 4.79 Å². The van der Waals surface area contributed by atoms with E-state index in [0.29, 0.717) is 51.3 Å². The minimum Gasteiger partial charge on any atom is -0.494 e. The van der Waals surface area contributed by atoms with E-state index < -0.39 is 16.1 Å². The Kier molecular flexibility index (Phi) is 7.22. The topological polar surface area (TPSA) is 84.9 Å². The number of amides is 1. The highest BCUT2D eigenvalue weighted by atomic mass is 32.2. The maximum atomic E-state index is 12.9. The van der Waals surface area contributed by atoms with E-state index in [1.807, 2.05) is 6.92 Å². The van der Waals surface area contributed by atoms with E-state index in [1.54, 1.807) is 19.2 Å². The molecule has 0 bridgehead atoms. The van der Waals surface area contributed by atoms with Gasteiger partial charge in [-0.25, -0.2) is 8.42 Å². The lowest BCUT2D eigenvalue weighted by atomic mass is 10.2. The highest BCUT2D eigenvalue weighted by Crippen LogP contribution is 2.27. The van der Waals surface area contributed by atoms with Gasteiger partial charge in [0.2, 0.25) is 15.9 Å².